The van der Waals surface area contributed by atoms with Gasteiger partial charge >= 0.3 is 0 Å². The van der Waals surface area contributed by atoms with E-state index in [1.54, 1.807) is 0 Å². The second-order valence-corrected chi connectivity index (χ2v) is 9.53. The van der Waals surface area contributed by atoms with Crippen molar-refractivity contribution in [3.63, 3.8) is 0 Å². The molecule has 0 radical (unpaired) electrons. The molecule has 0 aliphatic rings. The summed E-state index contributed by atoms with van der Waals surface area (Å²) in [5.74, 6) is 0. The van der Waals surface area contributed by atoms with E-state index in [1.807, 2.05) is 0 Å². The first kappa shape index (κ1) is 7.28. The fourth-order valence-electron chi connectivity index (χ4n) is 0.718. The zero-order chi connectivity index (χ0) is 6.69. The third kappa shape index (κ3) is 2.10. The summed E-state index contributed by atoms with van der Waals surface area (Å²) in [6.45, 7) is 2.33. The SMILES string of the molecule is C[SiH](I)c1ccccc1. The van der Waals surface area contributed by atoms with E-state index < -0.39 is 6.29 Å². The average Bonchev–Trinajstić information content (AvgIpc) is 1.90. The molecule has 0 aliphatic carbocycles. The van der Waals surface area contributed by atoms with Crippen molar-refractivity contribution in [2.75, 3.05) is 0 Å². The lowest BCUT2D eigenvalue weighted by Gasteiger charge is -1.98. The van der Waals surface area contributed by atoms with Gasteiger partial charge in [-0.05, 0) is 0 Å². The second kappa shape index (κ2) is 3.36. The number of hydrogen-bond donors (Lipinski definition) is 0. The lowest BCUT2D eigenvalue weighted by Crippen LogP contribution is -2.18. The molecule has 0 heterocycles. The van der Waals surface area contributed by atoms with Crippen LogP contribution in [-0.2, 0) is 0 Å². The highest BCUT2D eigenvalue weighted by Gasteiger charge is 1.97. The molecule has 0 bridgehead atoms. The van der Waals surface area contributed by atoms with E-state index >= 15 is 0 Å². The summed E-state index contributed by atoms with van der Waals surface area (Å²) < 4.78 is 0. The van der Waals surface area contributed by atoms with Gasteiger partial charge in [0.05, 0.1) is 0 Å². The summed E-state index contributed by atoms with van der Waals surface area (Å²) in [5.41, 5.74) is 0. The Morgan fingerprint density at radius 2 is 1.78 bits per heavy atom. The van der Waals surface area contributed by atoms with Crippen LogP contribution in [0.4, 0.5) is 0 Å². The maximum atomic E-state index is 2.55. The molecule has 0 aliphatic heterocycles. The molecule has 9 heavy (non-hydrogen) atoms. The molecule has 0 spiro atoms. The summed E-state index contributed by atoms with van der Waals surface area (Å²) in [6.07, 6.45) is -0.559. The van der Waals surface area contributed by atoms with Crippen LogP contribution in [0.3, 0.4) is 0 Å². The molecule has 0 aromatic heterocycles. The molecule has 0 N–H and O–H groups in total. The summed E-state index contributed by atoms with van der Waals surface area (Å²) in [7, 11) is 0. The van der Waals surface area contributed by atoms with Crippen LogP contribution in [0.25, 0.3) is 0 Å². The summed E-state index contributed by atoms with van der Waals surface area (Å²) in [4.78, 5) is 0. The Labute approximate surface area is 70.1 Å². The third-order valence-electron chi connectivity index (χ3n) is 1.26. The van der Waals surface area contributed by atoms with Crippen LogP contribution in [0.2, 0.25) is 6.55 Å². The Kier molecular flexibility index (Phi) is 2.72. The van der Waals surface area contributed by atoms with Gasteiger partial charge in [0, 0.05) is 0 Å². The van der Waals surface area contributed by atoms with Crippen molar-refractivity contribution < 1.29 is 0 Å². The van der Waals surface area contributed by atoms with Crippen molar-refractivity contribution in [1.29, 1.82) is 0 Å². The molecule has 0 saturated carbocycles. The van der Waals surface area contributed by atoms with Gasteiger partial charge in [-0.3, -0.25) is 0 Å². The first-order chi connectivity index (χ1) is 4.30. The minimum absolute atomic E-state index is 0.559. The van der Waals surface area contributed by atoms with Gasteiger partial charge in [-0.15, -0.1) is 21.8 Å². The zero-order valence-electron chi connectivity index (χ0n) is 5.34. The molecular formula is C7H9ISi. The predicted molar refractivity (Wildman–Crippen MR) is 53.1 cm³/mol. The maximum Gasteiger partial charge on any atom is 0.137 e. The Morgan fingerprint density at radius 1 is 1.22 bits per heavy atom. The summed E-state index contributed by atoms with van der Waals surface area (Å²) in [6, 6.07) is 10.7. The molecule has 0 fully saturated rings. The van der Waals surface area contributed by atoms with Gasteiger partial charge in [-0.2, -0.15) is 0 Å². The number of benzene rings is 1. The van der Waals surface area contributed by atoms with Crippen LogP contribution in [-0.4, -0.2) is 6.29 Å². The van der Waals surface area contributed by atoms with Crippen LogP contribution < -0.4 is 5.19 Å². The van der Waals surface area contributed by atoms with E-state index in [4.69, 9.17) is 0 Å². The normalized spacial score (nSPS) is 13.1. The van der Waals surface area contributed by atoms with Gasteiger partial charge in [0.1, 0.15) is 6.29 Å². The topological polar surface area (TPSA) is 0 Å². The third-order valence-corrected chi connectivity index (χ3v) is 4.72. The van der Waals surface area contributed by atoms with E-state index in [0.717, 1.165) is 0 Å². The first-order valence-electron chi connectivity index (χ1n) is 2.99. The predicted octanol–water partition coefficient (Wildman–Crippen LogP) is 1.68. The molecule has 1 atom stereocenters. The highest BCUT2D eigenvalue weighted by atomic mass is 127. The quantitative estimate of drug-likeness (QED) is 0.403. The van der Waals surface area contributed by atoms with E-state index in [9.17, 15) is 0 Å². The van der Waals surface area contributed by atoms with Crippen molar-refractivity contribution in [3.8, 4) is 0 Å². The smallest absolute Gasteiger partial charge is 0.117 e. The van der Waals surface area contributed by atoms with Crippen LogP contribution in [0.5, 0.6) is 0 Å². The monoisotopic (exact) mass is 248 g/mol. The van der Waals surface area contributed by atoms with Gasteiger partial charge in [-0.25, -0.2) is 0 Å². The number of hydrogen-bond acceptors (Lipinski definition) is 0. The van der Waals surface area contributed by atoms with E-state index in [2.05, 4.69) is 58.7 Å². The molecule has 2 heteroatoms. The van der Waals surface area contributed by atoms with Crippen LogP contribution in [0.1, 0.15) is 0 Å². The van der Waals surface area contributed by atoms with E-state index in [-0.39, 0.29) is 0 Å². The Bertz CT molecular complexity index is 172. The first-order valence-corrected chi connectivity index (χ1v) is 8.90. The lowest BCUT2D eigenvalue weighted by atomic mass is 10.4. The molecule has 1 rings (SSSR count). The van der Waals surface area contributed by atoms with Gasteiger partial charge < -0.3 is 0 Å². The van der Waals surface area contributed by atoms with Gasteiger partial charge in [0.25, 0.3) is 0 Å². The fraction of sp³-hybridized carbons (Fsp3) is 0.143. The standard InChI is InChI=1S/C7H9ISi/c1-9(8)7-5-3-2-4-6-7/h2-6,9H,1H3. The molecule has 1 aromatic carbocycles. The zero-order valence-corrected chi connectivity index (χ0v) is 8.65. The molecule has 0 amide bonds. The molecule has 1 unspecified atom stereocenters. The van der Waals surface area contributed by atoms with Crippen LogP contribution in [0, 0.1) is 0 Å². The van der Waals surface area contributed by atoms with Crippen molar-refractivity contribution >= 4 is 33.3 Å². The van der Waals surface area contributed by atoms with Gasteiger partial charge in [0.15, 0.2) is 0 Å². The minimum atomic E-state index is -0.559. The second-order valence-electron chi connectivity index (χ2n) is 2.03. The Morgan fingerprint density at radius 3 is 2.11 bits per heavy atom. The van der Waals surface area contributed by atoms with Crippen molar-refractivity contribution in [2.24, 2.45) is 0 Å². The Hall–Kier alpha value is 0.167. The van der Waals surface area contributed by atoms with Crippen molar-refractivity contribution in [2.45, 2.75) is 6.55 Å². The molecular weight excluding hydrogens is 239 g/mol. The lowest BCUT2D eigenvalue weighted by molar-refractivity contribution is 1.76. The highest BCUT2D eigenvalue weighted by molar-refractivity contribution is 14.1. The largest absolute Gasteiger partial charge is 0.137 e. The van der Waals surface area contributed by atoms with Crippen molar-refractivity contribution in [3.05, 3.63) is 30.3 Å². The highest BCUT2D eigenvalue weighted by Crippen LogP contribution is 1.94. The van der Waals surface area contributed by atoms with Crippen LogP contribution in [0.15, 0.2) is 30.3 Å². The average molecular weight is 248 g/mol. The van der Waals surface area contributed by atoms with Gasteiger partial charge in [0.2, 0.25) is 0 Å². The molecule has 1 aromatic rings. The number of halogens is 1. The fourth-order valence-corrected chi connectivity index (χ4v) is 2.72. The minimum Gasteiger partial charge on any atom is -0.117 e. The molecule has 0 saturated heterocycles. The maximum absolute atomic E-state index is 2.55. The van der Waals surface area contributed by atoms with Gasteiger partial charge in [-0.1, -0.05) is 42.1 Å². The van der Waals surface area contributed by atoms with Crippen molar-refractivity contribution in [1.82, 2.24) is 0 Å². The van der Waals surface area contributed by atoms with E-state index in [0.29, 0.717) is 0 Å². The summed E-state index contributed by atoms with van der Waals surface area (Å²) >= 11 is 2.55. The molecule has 48 valence electrons. The molecule has 0 nitrogen and oxygen atoms in total. The number of rotatable bonds is 1. The summed E-state index contributed by atoms with van der Waals surface area (Å²) in [5, 5.41) is 1.54. The Balaban J connectivity index is 2.85. The van der Waals surface area contributed by atoms with Crippen LogP contribution >= 0.6 is 21.8 Å². The van der Waals surface area contributed by atoms with E-state index in [1.165, 1.54) is 5.19 Å².